The molecule has 0 amide bonds. The number of benzene rings is 1. The van der Waals surface area contributed by atoms with Gasteiger partial charge in [0.05, 0.1) is 17.5 Å². The van der Waals surface area contributed by atoms with Crippen LogP contribution in [0, 0.1) is 0 Å². The monoisotopic (exact) mass is 204 g/mol. The summed E-state index contributed by atoms with van der Waals surface area (Å²) in [6.45, 7) is 1.90. The summed E-state index contributed by atoms with van der Waals surface area (Å²) >= 11 is 11.8. The normalized spacial score (nSPS) is 12.7. The van der Waals surface area contributed by atoms with Gasteiger partial charge in [-0.05, 0) is 24.6 Å². The molecule has 0 aromatic heterocycles. The van der Waals surface area contributed by atoms with Gasteiger partial charge in [0.2, 0.25) is 0 Å². The van der Waals surface area contributed by atoms with Crippen molar-refractivity contribution in [2.75, 3.05) is 7.11 Å². The van der Waals surface area contributed by atoms with E-state index in [0.29, 0.717) is 10.8 Å². The number of hydrogen-bond donors (Lipinski definition) is 0. The summed E-state index contributed by atoms with van der Waals surface area (Å²) in [6.07, 6.45) is 0. The quantitative estimate of drug-likeness (QED) is 0.669. The van der Waals surface area contributed by atoms with E-state index in [0.717, 1.165) is 5.56 Å². The van der Waals surface area contributed by atoms with Crippen molar-refractivity contribution in [3.63, 3.8) is 0 Å². The van der Waals surface area contributed by atoms with Crippen molar-refractivity contribution >= 4 is 23.2 Å². The third-order valence-electron chi connectivity index (χ3n) is 1.64. The summed E-state index contributed by atoms with van der Waals surface area (Å²) < 4.78 is 5.00. The number of rotatable bonds is 2. The van der Waals surface area contributed by atoms with Gasteiger partial charge in [-0.25, -0.2) is 0 Å². The van der Waals surface area contributed by atoms with Gasteiger partial charge in [0.25, 0.3) is 0 Å². The maximum Gasteiger partial charge on any atom is 0.137 e. The summed E-state index contributed by atoms with van der Waals surface area (Å²) in [5.74, 6) is 0.678. The molecule has 0 bridgehead atoms. The fourth-order valence-electron chi connectivity index (χ4n) is 0.930. The Morgan fingerprint density at radius 3 is 2.50 bits per heavy atom. The van der Waals surface area contributed by atoms with Crippen molar-refractivity contribution in [2.45, 2.75) is 12.3 Å². The minimum atomic E-state index is -0.0200. The van der Waals surface area contributed by atoms with Gasteiger partial charge in [0, 0.05) is 0 Å². The highest BCUT2D eigenvalue weighted by molar-refractivity contribution is 6.32. The lowest BCUT2D eigenvalue weighted by atomic mass is 10.1. The van der Waals surface area contributed by atoms with Gasteiger partial charge in [-0.3, -0.25) is 0 Å². The van der Waals surface area contributed by atoms with E-state index in [9.17, 15) is 0 Å². The van der Waals surface area contributed by atoms with Crippen LogP contribution in [0.2, 0.25) is 5.02 Å². The second kappa shape index (κ2) is 4.01. The summed E-state index contributed by atoms with van der Waals surface area (Å²) in [5.41, 5.74) is 1.00. The van der Waals surface area contributed by atoms with Gasteiger partial charge < -0.3 is 4.74 Å². The molecule has 0 aliphatic heterocycles. The SMILES string of the molecule is COc1ccc(C(C)Cl)cc1Cl. The van der Waals surface area contributed by atoms with E-state index in [4.69, 9.17) is 27.9 Å². The average molecular weight is 205 g/mol. The Kier molecular flexibility index (Phi) is 3.24. The van der Waals surface area contributed by atoms with Crippen LogP contribution in [0.25, 0.3) is 0 Å². The van der Waals surface area contributed by atoms with Gasteiger partial charge in [0.1, 0.15) is 5.75 Å². The predicted octanol–water partition coefficient (Wildman–Crippen LogP) is 3.65. The minimum Gasteiger partial charge on any atom is -0.495 e. The second-order valence-electron chi connectivity index (χ2n) is 2.51. The zero-order valence-electron chi connectivity index (χ0n) is 6.97. The van der Waals surface area contributed by atoms with Crippen LogP contribution in [-0.2, 0) is 0 Å². The van der Waals surface area contributed by atoms with E-state index >= 15 is 0 Å². The van der Waals surface area contributed by atoms with Crippen LogP contribution in [-0.4, -0.2) is 7.11 Å². The molecule has 0 saturated heterocycles. The lowest BCUT2D eigenvalue weighted by Crippen LogP contribution is -1.87. The molecular weight excluding hydrogens is 195 g/mol. The van der Waals surface area contributed by atoms with Crippen molar-refractivity contribution in [2.24, 2.45) is 0 Å². The molecule has 1 atom stereocenters. The number of methoxy groups -OCH3 is 1. The standard InChI is InChI=1S/C9H10Cl2O/c1-6(10)7-3-4-9(12-2)8(11)5-7/h3-6H,1-2H3. The predicted molar refractivity (Wildman–Crippen MR) is 52.3 cm³/mol. The first kappa shape index (κ1) is 9.69. The molecule has 1 nitrogen and oxygen atoms in total. The zero-order valence-corrected chi connectivity index (χ0v) is 8.49. The molecule has 1 rings (SSSR count). The van der Waals surface area contributed by atoms with Crippen molar-refractivity contribution in [1.29, 1.82) is 0 Å². The molecule has 0 saturated carbocycles. The zero-order chi connectivity index (χ0) is 9.14. The molecule has 66 valence electrons. The second-order valence-corrected chi connectivity index (χ2v) is 3.57. The van der Waals surface area contributed by atoms with Crippen LogP contribution >= 0.6 is 23.2 Å². The summed E-state index contributed by atoms with van der Waals surface area (Å²) in [7, 11) is 1.59. The van der Waals surface area contributed by atoms with E-state index in [2.05, 4.69) is 0 Å². The molecule has 12 heavy (non-hydrogen) atoms. The molecule has 0 fully saturated rings. The molecule has 0 aliphatic carbocycles. The first-order chi connectivity index (χ1) is 5.65. The molecule has 1 unspecified atom stereocenters. The van der Waals surface area contributed by atoms with Gasteiger partial charge in [-0.2, -0.15) is 0 Å². The smallest absolute Gasteiger partial charge is 0.137 e. The Balaban J connectivity index is 3.02. The molecule has 0 aliphatic rings. The lowest BCUT2D eigenvalue weighted by Gasteiger charge is -2.06. The molecule has 0 N–H and O–H groups in total. The fourth-order valence-corrected chi connectivity index (χ4v) is 1.33. The minimum absolute atomic E-state index is 0.0200. The average Bonchev–Trinajstić information content (AvgIpc) is 2.04. The molecule has 0 heterocycles. The lowest BCUT2D eigenvalue weighted by molar-refractivity contribution is 0.415. The van der Waals surface area contributed by atoms with Gasteiger partial charge >= 0.3 is 0 Å². The van der Waals surface area contributed by atoms with Gasteiger partial charge in [-0.15, -0.1) is 11.6 Å². The Hall–Kier alpha value is -0.400. The van der Waals surface area contributed by atoms with E-state index in [1.54, 1.807) is 7.11 Å². The number of hydrogen-bond acceptors (Lipinski definition) is 1. The highest BCUT2D eigenvalue weighted by Crippen LogP contribution is 2.29. The maximum absolute atomic E-state index is 5.89. The van der Waals surface area contributed by atoms with Crippen molar-refractivity contribution in [3.8, 4) is 5.75 Å². The van der Waals surface area contributed by atoms with Crippen molar-refractivity contribution in [3.05, 3.63) is 28.8 Å². The highest BCUT2D eigenvalue weighted by atomic mass is 35.5. The Labute approximate surface area is 82.2 Å². The van der Waals surface area contributed by atoms with E-state index < -0.39 is 0 Å². The van der Waals surface area contributed by atoms with Crippen molar-refractivity contribution in [1.82, 2.24) is 0 Å². The molecule has 3 heteroatoms. The Bertz CT molecular complexity index is 271. The molecular formula is C9H10Cl2O. The van der Waals surface area contributed by atoms with Crippen LogP contribution < -0.4 is 4.74 Å². The van der Waals surface area contributed by atoms with E-state index in [1.807, 2.05) is 25.1 Å². The van der Waals surface area contributed by atoms with Crippen LogP contribution in [0.15, 0.2) is 18.2 Å². The highest BCUT2D eigenvalue weighted by Gasteiger charge is 2.04. The molecule has 0 spiro atoms. The Morgan fingerprint density at radius 2 is 2.08 bits per heavy atom. The van der Waals surface area contributed by atoms with E-state index in [1.165, 1.54) is 0 Å². The summed E-state index contributed by atoms with van der Waals surface area (Å²) in [4.78, 5) is 0. The summed E-state index contributed by atoms with van der Waals surface area (Å²) in [5, 5.41) is 0.580. The van der Waals surface area contributed by atoms with Crippen LogP contribution in [0.1, 0.15) is 17.9 Å². The number of halogens is 2. The topological polar surface area (TPSA) is 9.23 Å². The Morgan fingerprint density at radius 1 is 1.42 bits per heavy atom. The number of ether oxygens (including phenoxy) is 1. The summed E-state index contributed by atoms with van der Waals surface area (Å²) in [6, 6.07) is 5.54. The van der Waals surface area contributed by atoms with Crippen molar-refractivity contribution < 1.29 is 4.74 Å². The number of alkyl halides is 1. The van der Waals surface area contributed by atoms with E-state index in [-0.39, 0.29) is 5.38 Å². The third-order valence-corrected chi connectivity index (χ3v) is 2.18. The van der Waals surface area contributed by atoms with Gasteiger partial charge in [0.15, 0.2) is 0 Å². The molecule has 1 aromatic rings. The van der Waals surface area contributed by atoms with Crippen LogP contribution in [0.4, 0.5) is 0 Å². The largest absolute Gasteiger partial charge is 0.495 e. The first-order valence-electron chi connectivity index (χ1n) is 3.62. The maximum atomic E-state index is 5.89. The van der Waals surface area contributed by atoms with Gasteiger partial charge in [-0.1, -0.05) is 17.7 Å². The van der Waals surface area contributed by atoms with Crippen LogP contribution in [0.3, 0.4) is 0 Å². The molecule has 1 aromatic carbocycles. The third kappa shape index (κ3) is 2.05. The first-order valence-corrected chi connectivity index (χ1v) is 4.44. The van der Waals surface area contributed by atoms with Crippen LogP contribution in [0.5, 0.6) is 5.75 Å². The fraction of sp³-hybridized carbons (Fsp3) is 0.333. The molecule has 0 radical (unpaired) electrons.